The van der Waals surface area contributed by atoms with Crippen molar-refractivity contribution in [1.29, 1.82) is 0 Å². The molecule has 0 bridgehead atoms. The second-order valence-corrected chi connectivity index (χ2v) is 6.45. The van der Waals surface area contributed by atoms with Crippen LogP contribution >= 0.6 is 11.3 Å². The molecule has 1 amide bonds. The van der Waals surface area contributed by atoms with Crippen LogP contribution in [0, 0.1) is 24.4 Å². The molecule has 0 atom stereocenters. The van der Waals surface area contributed by atoms with Gasteiger partial charge < -0.3 is 15.5 Å². The maximum Gasteiger partial charge on any atom is 0.243 e. The maximum absolute atomic E-state index is 13.6. The lowest BCUT2D eigenvalue weighted by Crippen LogP contribution is -2.42. The maximum atomic E-state index is 13.6. The van der Waals surface area contributed by atoms with Gasteiger partial charge in [-0.05, 0) is 19.1 Å². The Morgan fingerprint density at radius 2 is 2.04 bits per heavy atom. The fraction of sp³-hybridized carbons (Fsp3) is 0.312. The molecule has 2 rings (SSSR count). The number of nitrogens with zero attached hydrogens (tertiary/aromatic N) is 3. The summed E-state index contributed by atoms with van der Waals surface area (Å²) in [5.41, 5.74) is 0.434. The van der Waals surface area contributed by atoms with Crippen molar-refractivity contribution in [2.24, 2.45) is 4.99 Å². The number of halogens is 3. The molecule has 2 aromatic rings. The van der Waals surface area contributed by atoms with E-state index >= 15 is 0 Å². The summed E-state index contributed by atoms with van der Waals surface area (Å²) in [6.45, 7) is 2.16. The van der Waals surface area contributed by atoms with E-state index < -0.39 is 29.0 Å². The van der Waals surface area contributed by atoms with Crippen LogP contribution in [-0.2, 0) is 11.3 Å². The highest BCUT2D eigenvalue weighted by molar-refractivity contribution is 7.09. The van der Waals surface area contributed by atoms with Gasteiger partial charge in [-0.2, -0.15) is 0 Å². The highest BCUT2D eigenvalue weighted by Crippen LogP contribution is 2.19. The van der Waals surface area contributed by atoms with E-state index in [1.807, 2.05) is 12.3 Å². The second-order valence-electron chi connectivity index (χ2n) is 5.39. The lowest BCUT2D eigenvalue weighted by molar-refractivity contribution is -0.115. The Balaban J connectivity index is 1.91. The van der Waals surface area contributed by atoms with Crippen molar-refractivity contribution >= 4 is 28.9 Å². The van der Waals surface area contributed by atoms with Gasteiger partial charge in [-0.25, -0.2) is 18.2 Å². The van der Waals surface area contributed by atoms with E-state index in [-0.39, 0.29) is 6.54 Å². The van der Waals surface area contributed by atoms with Gasteiger partial charge in [0.05, 0.1) is 29.5 Å². The van der Waals surface area contributed by atoms with Crippen molar-refractivity contribution in [1.82, 2.24) is 15.2 Å². The molecule has 1 heterocycles. The van der Waals surface area contributed by atoms with Gasteiger partial charge in [0, 0.05) is 19.5 Å². The largest absolute Gasteiger partial charge is 0.347 e. The fourth-order valence-corrected chi connectivity index (χ4v) is 2.76. The van der Waals surface area contributed by atoms with Crippen LogP contribution in [0.1, 0.15) is 10.7 Å². The first kappa shape index (κ1) is 19.7. The van der Waals surface area contributed by atoms with Gasteiger partial charge in [-0.1, -0.05) is 0 Å². The molecule has 0 aliphatic rings. The molecule has 0 fully saturated rings. The number of benzene rings is 1. The van der Waals surface area contributed by atoms with E-state index in [9.17, 15) is 18.0 Å². The van der Waals surface area contributed by atoms with E-state index in [0.29, 0.717) is 12.5 Å². The first-order chi connectivity index (χ1) is 12.3. The van der Waals surface area contributed by atoms with Gasteiger partial charge in [0.15, 0.2) is 23.4 Å². The summed E-state index contributed by atoms with van der Waals surface area (Å²) < 4.78 is 39.6. The molecule has 0 unspecified atom stereocenters. The molecule has 0 radical (unpaired) electrons. The van der Waals surface area contributed by atoms with E-state index in [4.69, 9.17) is 0 Å². The van der Waals surface area contributed by atoms with Crippen LogP contribution in [0.3, 0.4) is 0 Å². The normalized spacial score (nSPS) is 11.4. The summed E-state index contributed by atoms with van der Waals surface area (Å²) in [5.74, 6) is -4.60. The number of anilines is 1. The Morgan fingerprint density at radius 1 is 1.31 bits per heavy atom. The SMILES string of the molecule is CN=C(NCC(=O)Nc1ccc(F)c(F)c1F)N(C)Cc1csc(C)n1. The number of aromatic nitrogens is 1. The quantitative estimate of drug-likeness (QED) is 0.471. The highest BCUT2D eigenvalue weighted by atomic mass is 32.1. The first-order valence-electron chi connectivity index (χ1n) is 7.58. The summed E-state index contributed by atoms with van der Waals surface area (Å²) in [7, 11) is 3.33. The van der Waals surface area contributed by atoms with Crippen molar-refractivity contribution in [2.75, 3.05) is 26.0 Å². The van der Waals surface area contributed by atoms with Gasteiger partial charge in [0.25, 0.3) is 0 Å². The number of thiazole rings is 1. The number of aryl methyl sites for hydroxylation is 1. The molecular formula is C16H18F3N5OS. The number of carbonyl (C=O) groups is 1. The zero-order valence-electron chi connectivity index (χ0n) is 14.4. The molecule has 1 aromatic heterocycles. The number of rotatable bonds is 5. The van der Waals surface area contributed by atoms with E-state index in [2.05, 4.69) is 20.6 Å². The van der Waals surface area contributed by atoms with Crippen molar-refractivity contribution < 1.29 is 18.0 Å². The Labute approximate surface area is 152 Å². The van der Waals surface area contributed by atoms with Crippen LogP contribution in [0.4, 0.5) is 18.9 Å². The highest BCUT2D eigenvalue weighted by Gasteiger charge is 2.16. The standard InChI is InChI=1S/C16H18F3N5OS/c1-9-22-10(8-26-9)7-24(3)16(20-2)21-6-13(25)23-12-5-4-11(17)14(18)15(12)19/h4-5,8H,6-7H2,1-3H3,(H,20,21)(H,23,25). The van der Waals surface area contributed by atoms with Crippen LogP contribution in [0.2, 0.25) is 0 Å². The zero-order valence-corrected chi connectivity index (χ0v) is 15.3. The topological polar surface area (TPSA) is 69.6 Å². The van der Waals surface area contributed by atoms with Gasteiger partial charge in [-0.3, -0.25) is 9.79 Å². The number of hydrogen-bond donors (Lipinski definition) is 2. The van der Waals surface area contributed by atoms with Gasteiger partial charge in [0.1, 0.15) is 0 Å². The smallest absolute Gasteiger partial charge is 0.243 e. The molecule has 6 nitrogen and oxygen atoms in total. The molecule has 10 heteroatoms. The van der Waals surface area contributed by atoms with Crippen molar-refractivity contribution in [3.63, 3.8) is 0 Å². The predicted molar refractivity (Wildman–Crippen MR) is 94.6 cm³/mol. The number of nitrogens with one attached hydrogen (secondary N) is 2. The number of hydrogen-bond acceptors (Lipinski definition) is 4. The number of carbonyl (C=O) groups excluding carboxylic acids is 1. The molecule has 1 aromatic carbocycles. The van der Waals surface area contributed by atoms with Crippen LogP contribution in [-0.4, -0.2) is 42.4 Å². The van der Waals surface area contributed by atoms with Crippen LogP contribution < -0.4 is 10.6 Å². The van der Waals surface area contributed by atoms with E-state index in [0.717, 1.165) is 22.8 Å². The van der Waals surface area contributed by atoms with Gasteiger partial charge >= 0.3 is 0 Å². The molecule has 0 spiro atoms. The number of amides is 1. The molecule has 0 saturated carbocycles. The molecule has 140 valence electrons. The Kier molecular flexibility index (Phi) is 6.56. The molecule has 0 aliphatic carbocycles. The summed E-state index contributed by atoms with van der Waals surface area (Å²) in [5, 5.41) is 7.87. The summed E-state index contributed by atoms with van der Waals surface area (Å²) in [4.78, 5) is 22.1. The average molecular weight is 385 g/mol. The summed E-state index contributed by atoms with van der Waals surface area (Å²) in [6.07, 6.45) is 0. The molecule has 26 heavy (non-hydrogen) atoms. The molecule has 2 N–H and O–H groups in total. The Hall–Kier alpha value is -2.62. The van der Waals surface area contributed by atoms with E-state index in [1.54, 1.807) is 19.0 Å². The fourth-order valence-electron chi connectivity index (χ4n) is 2.16. The minimum Gasteiger partial charge on any atom is -0.347 e. The lowest BCUT2D eigenvalue weighted by atomic mass is 10.2. The number of guanidine groups is 1. The third-order valence-electron chi connectivity index (χ3n) is 3.36. The minimum atomic E-state index is -1.63. The third-order valence-corrected chi connectivity index (χ3v) is 4.18. The van der Waals surface area contributed by atoms with Crippen LogP contribution in [0.5, 0.6) is 0 Å². The molecule has 0 aliphatic heterocycles. The minimum absolute atomic E-state index is 0.231. The van der Waals surface area contributed by atoms with Gasteiger partial charge in [-0.15, -0.1) is 11.3 Å². The monoisotopic (exact) mass is 385 g/mol. The first-order valence-corrected chi connectivity index (χ1v) is 8.46. The Bertz CT molecular complexity index is 824. The predicted octanol–water partition coefficient (Wildman–Crippen LogP) is 2.51. The lowest BCUT2D eigenvalue weighted by Gasteiger charge is -2.21. The van der Waals surface area contributed by atoms with Crippen LogP contribution in [0.15, 0.2) is 22.5 Å². The molecular weight excluding hydrogens is 367 g/mol. The summed E-state index contributed by atoms with van der Waals surface area (Å²) in [6, 6.07) is 1.70. The number of aliphatic imine (C=N–C) groups is 1. The summed E-state index contributed by atoms with van der Waals surface area (Å²) >= 11 is 1.53. The average Bonchev–Trinajstić information content (AvgIpc) is 3.00. The van der Waals surface area contributed by atoms with Crippen molar-refractivity contribution in [3.8, 4) is 0 Å². The van der Waals surface area contributed by atoms with Crippen LogP contribution in [0.25, 0.3) is 0 Å². The Morgan fingerprint density at radius 3 is 2.65 bits per heavy atom. The zero-order chi connectivity index (χ0) is 19.3. The second kappa shape index (κ2) is 8.65. The van der Waals surface area contributed by atoms with Gasteiger partial charge in [0.2, 0.25) is 5.91 Å². The molecule has 0 saturated heterocycles. The third kappa shape index (κ3) is 4.94. The van der Waals surface area contributed by atoms with E-state index in [1.165, 1.54) is 11.3 Å². The van der Waals surface area contributed by atoms with Crippen molar-refractivity contribution in [3.05, 3.63) is 45.7 Å². The van der Waals surface area contributed by atoms with Crippen molar-refractivity contribution in [2.45, 2.75) is 13.5 Å².